The van der Waals surface area contributed by atoms with Crippen LogP contribution >= 0.6 is 34.8 Å². The van der Waals surface area contributed by atoms with Gasteiger partial charge in [0.15, 0.2) is 0 Å². The number of hydrazine groups is 1. The molecule has 2 amide bonds. The predicted molar refractivity (Wildman–Crippen MR) is 82.3 cm³/mol. The van der Waals surface area contributed by atoms with Gasteiger partial charge in [-0.25, -0.2) is 0 Å². The van der Waals surface area contributed by atoms with Crippen molar-refractivity contribution in [3.8, 4) is 0 Å². The average molecular weight is 346 g/mol. The molecule has 0 radical (unpaired) electrons. The zero-order chi connectivity index (χ0) is 15.1. The van der Waals surface area contributed by atoms with Crippen LogP contribution in [0.15, 0.2) is 24.3 Å². The number of hydrogen-bond donors (Lipinski definition) is 1. The Morgan fingerprint density at radius 2 is 1.43 bits per heavy atom. The van der Waals surface area contributed by atoms with Gasteiger partial charge in [0.1, 0.15) is 0 Å². The summed E-state index contributed by atoms with van der Waals surface area (Å²) in [6.07, 6.45) is 5.02. The minimum absolute atomic E-state index is 0.251. The second kappa shape index (κ2) is 5.52. The topological polar surface area (TPSA) is 49.4 Å². The first-order valence-corrected chi connectivity index (χ1v) is 7.56. The summed E-state index contributed by atoms with van der Waals surface area (Å²) in [5, 5.41) is 1.90. The van der Waals surface area contributed by atoms with Crippen LogP contribution in [-0.2, 0) is 9.59 Å². The molecule has 1 fully saturated rings. The predicted octanol–water partition coefficient (Wildman–Crippen LogP) is 3.92. The molecule has 1 aliphatic carbocycles. The third-order valence-corrected chi connectivity index (χ3v) is 4.55. The SMILES string of the molecule is O=C1C2CC=CCC2C(=O)N1Nc1c(Cl)cc(Cl)cc1Cl. The van der Waals surface area contributed by atoms with Gasteiger partial charge in [-0.1, -0.05) is 47.0 Å². The number of benzene rings is 1. The van der Waals surface area contributed by atoms with Crippen LogP contribution in [0.2, 0.25) is 15.1 Å². The number of carbonyl (C=O) groups is 2. The molecule has 1 N–H and O–H groups in total. The molecule has 2 aliphatic rings. The molecule has 3 rings (SSSR count). The molecule has 2 unspecified atom stereocenters. The molecule has 1 heterocycles. The van der Waals surface area contributed by atoms with Gasteiger partial charge in [-0.15, -0.1) is 0 Å². The fourth-order valence-corrected chi connectivity index (χ4v) is 3.57. The fraction of sp³-hybridized carbons (Fsp3) is 0.286. The van der Waals surface area contributed by atoms with Crippen molar-refractivity contribution in [2.75, 3.05) is 5.43 Å². The van der Waals surface area contributed by atoms with E-state index in [0.29, 0.717) is 23.6 Å². The number of carbonyl (C=O) groups excluding carboxylic acids is 2. The molecule has 4 nitrogen and oxygen atoms in total. The quantitative estimate of drug-likeness (QED) is 0.653. The minimum atomic E-state index is -0.306. The monoisotopic (exact) mass is 344 g/mol. The van der Waals surface area contributed by atoms with Crippen molar-refractivity contribution in [1.29, 1.82) is 0 Å². The summed E-state index contributed by atoms with van der Waals surface area (Å²) in [6.45, 7) is 0. The van der Waals surface area contributed by atoms with Crippen molar-refractivity contribution >= 4 is 52.3 Å². The Kier molecular flexibility index (Phi) is 3.86. The molecule has 2 atom stereocenters. The highest BCUT2D eigenvalue weighted by Gasteiger charge is 2.47. The van der Waals surface area contributed by atoms with E-state index >= 15 is 0 Å². The average Bonchev–Trinajstić information content (AvgIpc) is 2.67. The van der Waals surface area contributed by atoms with E-state index < -0.39 is 0 Å². The second-order valence-corrected chi connectivity index (χ2v) is 6.27. The van der Waals surface area contributed by atoms with E-state index in [1.54, 1.807) is 0 Å². The first-order chi connectivity index (χ1) is 9.99. The normalized spacial score (nSPS) is 24.4. The Hall–Kier alpha value is -1.23. The number of imide groups is 1. The molecule has 1 saturated heterocycles. The summed E-state index contributed by atoms with van der Waals surface area (Å²) < 4.78 is 0. The van der Waals surface area contributed by atoms with Gasteiger partial charge in [0.05, 0.1) is 27.6 Å². The van der Waals surface area contributed by atoms with Gasteiger partial charge in [0, 0.05) is 5.02 Å². The zero-order valence-corrected chi connectivity index (χ0v) is 13.0. The van der Waals surface area contributed by atoms with Crippen molar-refractivity contribution < 1.29 is 9.59 Å². The molecule has 0 bridgehead atoms. The van der Waals surface area contributed by atoms with Crippen molar-refractivity contribution in [2.45, 2.75) is 12.8 Å². The van der Waals surface area contributed by atoms with Gasteiger partial charge >= 0.3 is 0 Å². The lowest BCUT2D eigenvalue weighted by Gasteiger charge is -2.19. The lowest BCUT2D eigenvalue weighted by Crippen LogP contribution is -2.36. The van der Waals surface area contributed by atoms with E-state index in [4.69, 9.17) is 34.8 Å². The first-order valence-electron chi connectivity index (χ1n) is 6.43. The molecule has 0 aromatic heterocycles. The van der Waals surface area contributed by atoms with Crippen LogP contribution in [0.4, 0.5) is 5.69 Å². The number of nitrogens with one attached hydrogen (secondary N) is 1. The summed E-state index contributed by atoms with van der Waals surface area (Å²) in [6, 6.07) is 2.99. The van der Waals surface area contributed by atoms with Gasteiger partial charge in [-0.2, -0.15) is 5.01 Å². The number of nitrogens with zero attached hydrogens (tertiary/aromatic N) is 1. The van der Waals surface area contributed by atoms with Crippen LogP contribution in [0, 0.1) is 11.8 Å². The van der Waals surface area contributed by atoms with Crippen LogP contribution in [0.1, 0.15) is 12.8 Å². The zero-order valence-electron chi connectivity index (χ0n) is 10.8. The van der Waals surface area contributed by atoms with Gasteiger partial charge in [-0.05, 0) is 25.0 Å². The number of hydrogen-bond acceptors (Lipinski definition) is 3. The smallest absolute Gasteiger partial charge is 0.252 e. The van der Waals surface area contributed by atoms with Gasteiger partial charge < -0.3 is 0 Å². The molecule has 21 heavy (non-hydrogen) atoms. The van der Waals surface area contributed by atoms with Crippen molar-refractivity contribution in [3.63, 3.8) is 0 Å². The van der Waals surface area contributed by atoms with Crippen LogP contribution in [0.3, 0.4) is 0 Å². The third-order valence-electron chi connectivity index (χ3n) is 3.74. The van der Waals surface area contributed by atoms with E-state index in [1.807, 2.05) is 12.2 Å². The molecule has 1 aliphatic heterocycles. The Morgan fingerprint density at radius 3 is 1.90 bits per heavy atom. The van der Waals surface area contributed by atoms with E-state index in [1.165, 1.54) is 12.1 Å². The maximum atomic E-state index is 12.3. The first kappa shape index (κ1) is 14.7. The number of anilines is 1. The van der Waals surface area contributed by atoms with Crippen molar-refractivity contribution in [1.82, 2.24) is 5.01 Å². The molecule has 0 spiro atoms. The van der Waals surface area contributed by atoms with Crippen LogP contribution in [0.25, 0.3) is 0 Å². The largest absolute Gasteiger partial charge is 0.286 e. The number of halogens is 3. The van der Waals surface area contributed by atoms with Crippen LogP contribution in [0.5, 0.6) is 0 Å². The van der Waals surface area contributed by atoms with Gasteiger partial charge in [-0.3, -0.25) is 15.0 Å². The number of rotatable bonds is 2. The molecular weight excluding hydrogens is 335 g/mol. The number of fused-ring (bicyclic) bond motifs is 1. The fourth-order valence-electron chi connectivity index (χ4n) is 2.67. The maximum Gasteiger partial charge on any atom is 0.252 e. The highest BCUT2D eigenvalue weighted by Crippen LogP contribution is 2.38. The third kappa shape index (κ3) is 2.52. The summed E-state index contributed by atoms with van der Waals surface area (Å²) >= 11 is 18.0. The Bertz CT molecular complexity index is 611. The van der Waals surface area contributed by atoms with Gasteiger partial charge in [0.25, 0.3) is 11.8 Å². The molecule has 0 saturated carbocycles. The van der Waals surface area contributed by atoms with E-state index in [9.17, 15) is 9.59 Å². The second-order valence-electron chi connectivity index (χ2n) is 5.02. The number of amides is 2. The summed E-state index contributed by atoms with van der Waals surface area (Å²) in [5.74, 6) is -1.12. The number of allylic oxidation sites excluding steroid dienone is 2. The minimum Gasteiger partial charge on any atom is -0.286 e. The Balaban J connectivity index is 1.89. The standard InChI is InChI=1S/C14H11Cl3N2O2/c15-7-5-10(16)12(11(17)6-7)18-19-13(20)8-3-1-2-4-9(8)14(19)21/h1-2,5-6,8-9,18H,3-4H2. The molecule has 110 valence electrons. The Labute approximate surface area is 136 Å². The molecule has 1 aromatic carbocycles. The molecule has 1 aromatic rings. The van der Waals surface area contributed by atoms with Crippen LogP contribution in [-0.4, -0.2) is 16.8 Å². The lowest BCUT2D eigenvalue weighted by molar-refractivity contribution is -0.138. The van der Waals surface area contributed by atoms with Crippen LogP contribution < -0.4 is 5.43 Å². The lowest BCUT2D eigenvalue weighted by atomic mass is 9.85. The summed E-state index contributed by atoms with van der Waals surface area (Å²) in [5.41, 5.74) is 3.05. The van der Waals surface area contributed by atoms with Crippen molar-refractivity contribution in [3.05, 3.63) is 39.4 Å². The highest BCUT2D eigenvalue weighted by atomic mass is 35.5. The molecular formula is C14H11Cl3N2O2. The van der Waals surface area contributed by atoms with Gasteiger partial charge in [0.2, 0.25) is 0 Å². The highest BCUT2D eigenvalue weighted by molar-refractivity contribution is 6.41. The molecule has 7 heteroatoms. The summed E-state index contributed by atoms with van der Waals surface area (Å²) in [7, 11) is 0. The Morgan fingerprint density at radius 1 is 0.952 bits per heavy atom. The van der Waals surface area contributed by atoms with Crippen molar-refractivity contribution in [2.24, 2.45) is 11.8 Å². The van der Waals surface area contributed by atoms with E-state index in [-0.39, 0.29) is 33.7 Å². The summed E-state index contributed by atoms with van der Waals surface area (Å²) in [4.78, 5) is 24.7. The van der Waals surface area contributed by atoms with E-state index in [0.717, 1.165) is 5.01 Å². The maximum absolute atomic E-state index is 12.3. The van der Waals surface area contributed by atoms with E-state index in [2.05, 4.69) is 5.43 Å².